The molecule has 1 aromatic heterocycles. The molecule has 0 aliphatic carbocycles. The number of thiophene rings is 1. The number of unbranched alkanes of at least 4 members (excludes halogenated alkanes) is 1. The molecule has 0 amide bonds. The molecule has 1 heterocycles. The van der Waals surface area contributed by atoms with Crippen LogP contribution in [0.15, 0.2) is 17.5 Å². The summed E-state index contributed by atoms with van der Waals surface area (Å²) in [6, 6.07) is 3.09. The van der Waals surface area contributed by atoms with E-state index in [2.05, 4.69) is 0 Å². The summed E-state index contributed by atoms with van der Waals surface area (Å²) in [5, 5.41) is 9.36. The molecule has 1 nitrogen and oxygen atoms in total. The van der Waals surface area contributed by atoms with E-state index in [1.54, 1.807) is 12.2 Å². The fourth-order valence-electron chi connectivity index (χ4n) is 0.975. The number of hydrogen-bond acceptors (Lipinski definition) is 2. The van der Waals surface area contributed by atoms with Gasteiger partial charge in [-0.1, -0.05) is 17.6 Å². The summed E-state index contributed by atoms with van der Waals surface area (Å²) in [6.45, 7) is -4.89. The van der Waals surface area contributed by atoms with Gasteiger partial charge < -0.3 is 12.9 Å². The molecule has 0 bridgehead atoms. The Bertz CT molecular complexity index is 389. The van der Waals surface area contributed by atoms with Crippen LogP contribution in [0.5, 0.6) is 0 Å². The van der Waals surface area contributed by atoms with E-state index in [1.165, 1.54) is 0 Å². The molecule has 0 saturated carbocycles. The number of allylic oxidation sites excluding steroid dienone is 1. The Hall–Kier alpha value is -1.22. The van der Waals surface area contributed by atoms with Crippen molar-refractivity contribution in [3.05, 3.63) is 22.4 Å². The van der Waals surface area contributed by atoms with Gasteiger partial charge in [-0.25, -0.2) is 0 Å². The highest BCUT2D eigenvalue weighted by molar-refractivity contribution is 7.12. The Morgan fingerprint density at radius 2 is 2.20 bits per heavy atom. The highest BCUT2D eigenvalue weighted by Crippen LogP contribution is 2.16. The maximum Gasteiger partial charge on any atom is 0.510 e. The molecule has 0 spiro atoms. The van der Waals surface area contributed by atoms with E-state index in [4.69, 9.17) is 5.26 Å². The molecule has 0 saturated heterocycles. The van der Waals surface area contributed by atoms with Crippen molar-refractivity contribution in [1.82, 2.24) is 0 Å². The second kappa shape index (κ2) is 5.03. The van der Waals surface area contributed by atoms with Crippen LogP contribution in [-0.2, 0) is 0 Å². The van der Waals surface area contributed by atoms with Crippen LogP contribution in [0.1, 0.15) is 17.7 Å². The van der Waals surface area contributed by atoms with E-state index < -0.39 is 12.4 Å². The van der Waals surface area contributed by atoms with Crippen molar-refractivity contribution < 1.29 is 12.9 Å². The van der Waals surface area contributed by atoms with Gasteiger partial charge in [0.05, 0.1) is 6.07 Å². The van der Waals surface area contributed by atoms with Crippen LogP contribution in [0.25, 0.3) is 6.08 Å². The quantitative estimate of drug-likeness (QED) is 0.575. The third-order valence-corrected chi connectivity index (χ3v) is 2.64. The third-order valence-electron chi connectivity index (χ3n) is 1.72. The molecular formula is C9H8BF3NS-. The van der Waals surface area contributed by atoms with E-state index in [0.29, 0.717) is 17.7 Å². The third kappa shape index (κ3) is 3.80. The Kier molecular flexibility index (Phi) is 3.98. The molecule has 0 aromatic carbocycles. The summed E-state index contributed by atoms with van der Waals surface area (Å²) < 4.78 is 36.7. The summed E-state index contributed by atoms with van der Waals surface area (Å²) >= 11 is 1.06. The fraction of sp³-hybridized carbons (Fsp3) is 0.222. The van der Waals surface area contributed by atoms with Gasteiger partial charge in [0.1, 0.15) is 0 Å². The minimum atomic E-state index is -4.89. The molecule has 1 aromatic rings. The van der Waals surface area contributed by atoms with E-state index in [9.17, 15) is 12.9 Å². The maximum atomic E-state index is 12.2. The Labute approximate surface area is 89.9 Å². The second-order valence-electron chi connectivity index (χ2n) is 2.96. The van der Waals surface area contributed by atoms with Gasteiger partial charge in [-0.05, 0) is 17.9 Å². The summed E-state index contributed by atoms with van der Waals surface area (Å²) in [7, 11) is 0. The minimum absolute atomic E-state index is 0.387. The average Bonchev–Trinajstić information content (AvgIpc) is 2.60. The molecule has 15 heavy (non-hydrogen) atoms. The van der Waals surface area contributed by atoms with Gasteiger partial charge in [-0.15, -0.1) is 11.3 Å². The summed E-state index contributed by atoms with van der Waals surface area (Å²) in [6.07, 6.45) is 4.29. The van der Waals surface area contributed by atoms with Gasteiger partial charge >= 0.3 is 6.98 Å². The molecular weight excluding hydrogens is 222 g/mol. The predicted molar refractivity (Wildman–Crippen MR) is 56.9 cm³/mol. The van der Waals surface area contributed by atoms with Crippen LogP contribution in [0.4, 0.5) is 12.9 Å². The molecule has 0 aliphatic rings. The summed E-state index contributed by atoms with van der Waals surface area (Å²) in [5.74, 6) is 0. The van der Waals surface area contributed by atoms with Gasteiger partial charge in [0.25, 0.3) is 0 Å². The molecule has 0 radical (unpaired) electrons. The number of rotatable bonds is 4. The van der Waals surface area contributed by atoms with E-state index >= 15 is 0 Å². The van der Waals surface area contributed by atoms with Crippen LogP contribution in [0.3, 0.4) is 0 Å². The lowest BCUT2D eigenvalue weighted by Gasteiger charge is -2.10. The number of nitriles is 1. The average molecular weight is 230 g/mol. The standard InChI is InChI=1S/C9H8BF3NS/c11-10(12,13)8-6-9(15-7-8)4-2-1-3-5-14/h2,4,6-7H,1,3H2/q-1/b4-2-. The summed E-state index contributed by atoms with van der Waals surface area (Å²) in [4.78, 5) is 0.571. The smallest absolute Gasteiger partial charge is 0.445 e. The first-order valence-corrected chi connectivity index (χ1v) is 5.24. The first-order chi connectivity index (χ1) is 7.04. The van der Waals surface area contributed by atoms with Crippen molar-refractivity contribution in [2.45, 2.75) is 12.8 Å². The lowest BCUT2D eigenvalue weighted by atomic mass is 9.82. The van der Waals surface area contributed by atoms with E-state index in [1.807, 2.05) is 6.07 Å². The molecule has 0 aliphatic heterocycles. The van der Waals surface area contributed by atoms with Crippen molar-refractivity contribution in [1.29, 1.82) is 5.26 Å². The topological polar surface area (TPSA) is 23.8 Å². The normalized spacial score (nSPS) is 11.9. The number of halogens is 3. The van der Waals surface area contributed by atoms with Gasteiger partial charge in [-0.2, -0.15) is 5.26 Å². The highest BCUT2D eigenvalue weighted by Gasteiger charge is 2.26. The lowest BCUT2D eigenvalue weighted by molar-refractivity contribution is 0.501. The van der Waals surface area contributed by atoms with Crippen molar-refractivity contribution in [3.8, 4) is 6.07 Å². The van der Waals surface area contributed by atoms with Gasteiger partial charge in [-0.3, -0.25) is 0 Å². The fourth-order valence-corrected chi connectivity index (χ4v) is 1.85. The zero-order chi connectivity index (χ0) is 11.3. The number of hydrogen-bond donors (Lipinski definition) is 0. The van der Waals surface area contributed by atoms with Crippen molar-refractivity contribution in [2.75, 3.05) is 0 Å². The molecule has 0 N–H and O–H groups in total. The monoisotopic (exact) mass is 230 g/mol. The lowest BCUT2D eigenvalue weighted by Crippen LogP contribution is -2.32. The minimum Gasteiger partial charge on any atom is -0.445 e. The largest absolute Gasteiger partial charge is 0.510 e. The van der Waals surface area contributed by atoms with Crippen molar-refractivity contribution in [3.63, 3.8) is 0 Å². The number of nitrogens with zero attached hydrogens (tertiary/aromatic N) is 1. The molecule has 6 heteroatoms. The van der Waals surface area contributed by atoms with E-state index in [0.717, 1.165) is 22.8 Å². The van der Waals surface area contributed by atoms with Crippen molar-refractivity contribution in [2.24, 2.45) is 0 Å². The Balaban J connectivity index is 2.62. The first-order valence-electron chi connectivity index (χ1n) is 4.36. The van der Waals surface area contributed by atoms with Crippen LogP contribution in [0.2, 0.25) is 0 Å². The molecule has 1 rings (SSSR count). The van der Waals surface area contributed by atoms with Crippen LogP contribution in [-0.4, -0.2) is 6.98 Å². The van der Waals surface area contributed by atoms with Gasteiger partial charge in [0, 0.05) is 11.3 Å². The highest BCUT2D eigenvalue weighted by atomic mass is 32.1. The van der Waals surface area contributed by atoms with Crippen LogP contribution < -0.4 is 5.46 Å². The van der Waals surface area contributed by atoms with Gasteiger partial charge in [0.2, 0.25) is 0 Å². The molecule has 0 fully saturated rings. The zero-order valence-corrected chi connectivity index (χ0v) is 8.61. The summed E-state index contributed by atoms with van der Waals surface area (Å²) in [5.41, 5.74) is -0.556. The van der Waals surface area contributed by atoms with Gasteiger partial charge in [0.15, 0.2) is 0 Å². The second-order valence-corrected chi connectivity index (χ2v) is 3.90. The predicted octanol–water partition coefficient (Wildman–Crippen LogP) is 3.12. The Morgan fingerprint density at radius 3 is 2.73 bits per heavy atom. The maximum absolute atomic E-state index is 12.2. The Morgan fingerprint density at radius 1 is 1.47 bits per heavy atom. The molecule has 0 atom stereocenters. The SMILES string of the molecule is N#CCC/C=C\c1cc([B-](F)(F)F)cs1. The molecule has 0 unspecified atom stereocenters. The van der Waals surface area contributed by atoms with Crippen molar-refractivity contribution >= 4 is 29.9 Å². The van der Waals surface area contributed by atoms with Crippen LogP contribution >= 0.6 is 11.3 Å². The van der Waals surface area contributed by atoms with Crippen LogP contribution in [0, 0.1) is 11.3 Å². The first kappa shape index (κ1) is 11.9. The zero-order valence-electron chi connectivity index (χ0n) is 7.79. The molecule has 80 valence electrons. The van der Waals surface area contributed by atoms with E-state index in [-0.39, 0.29) is 0 Å².